The van der Waals surface area contributed by atoms with Gasteiger partial charge in [0.2, 0.25) is 0 Å². The molecule has 0 spiro atoms. The van der Waals surface area contributed by atoms with E-state index in [4.69, 9.17) is 52.1 Å². The van der Waals surface area contributed by atoms with Crippen LogP contribution in [-0.2, 0) is 0 Å². The van der Waals surface area contributed by atoms with Crippen LogP contribution >= 0.6 is 46.4 Å². The number of halogens is 4. The van der Waals surface area contributed by atoms with Crippen LogP contribution in [0.25, 0.3) is 0 Å². The molecule has 0 aromatic carbocycles. The topological polar surface area (TPSA) is 223 Å². The molecular weight excluding hydrogens is 582 g/mol. The van der Waals surface area contributed by atoms with Crippen LogP contribution in [0.3, 0.4) is 0 Å². The Hall–Kier alpha value is -3.02. The van der Waals surface area contributed by atoms with Crippen LogP contribution in [0.15, 0.2) is 27.2 Å². The van der Waals surface area contributed by atoms with Gasteiger partial charge in [-0.3, -0.25) is 9.80 Å². The molecule has 1 heterocycles. The molecule has 0 unspecified atom stereocenters. The van der Waals surface area contributed by atoms with Gasteiger partial charge in [0, 0.05) is 50.7 Å². The fraction of sp³-hybridized carbons (Fsp3) is 0.625. The molecule has 17 nitrogen and oxygen atoms in total. The number of nitrogens with zero attached hydrogens (tertiary/aromatic N) is 8. The van der Waals surface area contributed by atoms with E-state index in [1.54, 1.807) is 14.1 Å². The summed E-state index contributed by atoms with van der Waals surface area (Å²) in [5.41, 5.74) is 5.12. The fourth-order valence-electron chi connectivity index (χ4n) is 1.69. The molecule has 5 amide bonds. The zero-order chi connectivity index (χ0) is 28.6. The van der Waals surface area contributed by atoms with E-state index in [1.165, 1.54) is 11.3 Å². The number of aromatic nitrogens is 2. The maximum atomic E-state index is 10.9. The van der Waals surface area contributed by atoms with Crippen molar-refractivity contribution in [3.63, 3.8) is 0 Å². The number of hydrogen-bond acceptors (Lipinski definition) is 10. The Balaban J connectivity index is 0. The van der Waals surface area contributed by atoms with Crippen molar-refractivity contribution in [2.75, 3.05) is 63.8 Å². The Kier molecular flexibility index (Phi) is 22.8. The van der Waals surface area contributed by atoms with Crippen molar-refractivity contribution in [3.05, 3.63) is 21.8 Å². The zero-order valence-corrected chi connectivity index (χ0v) is 23.0. The highest BCUT2D eigenvalue weighted by Crippen LogP contribution is 2.12. The first-order valence-corrected chi connectivity index (χ1v) is 12.2. The van der Waals surface area contributed by atoms with Gasteiger partial charge in [0.1, 0.15) is 0 Å². The Bertz CT molecular complexity index is 811. The monoisotopic (exact) mass is 608 g/mol. The highest BCUT2D eigenvalue weighted by molar-refractivity contribution is 6.18. The lowest BCUT2D eigenvalue weighted by Crippen LogP contribution is -2.38. The number of hydrogen-bond donors (Lipinski definition) is 4. The fourth-order valence-corrected chi connectivity index (χ4v) is 2.20. The number of amides is 5. The van der Waals surface area contributed by atoms with Crippen LogP contribution in [0.2, 0.25) is 0 Å². The van der Waals surface area contributed by atoms with Crippen molar-refractivity contribution in [2.45, 2.75) is 0 Å². The predicted octanol–water partition coefficient (Wildman–Crippen LogP) is 2.38. The summed E-state index contributed by atoms with van der Waals surface area (Å²) in [4.78, 5) is 59.0. The van der Waals surface area contributed by atoms with Crippen molar-refractivity contribution in [1.82, 2.24) is 35.6 Å². The van der Waals surface area contributed by atoms with Crippen LogP contribution in [0.1, 0.15) is 10.5 Å². The van der Waals surface area contributed by atoms with Gasteiger partial charge in [0.15, 0.2) is 11.5 Å². The number of aromatic amines is 1. The SMILES string of the molecule is CN(C)/N=N/c1[nH]cnc1C(N)=O.O=NN(CCCl)C(=O)NCCCl.O=NN(CCCl)C(=O)NCCCl. The lowest BCUT2D eigenvalue weighted by Gasteiger charge is -2.11. The van der Waals surface area contributed by atoms with E-state index >= 15 is 0 Å². The molecule has 0 radical (unpaired) electrons. The first-order valence-electron chi connectivity index (χ1n) is 10.1. The summed E-state index contributed by atoms with van der Waals surface area (Å²) in [6.45, 7) is 0.793. The average molecular weight is 610 g/mol. The van der Waals surface area contributed by atoms with Gasteiger partial charge in [-0.15, -0.1) is 61.3 Å². The summed E-state index contributed by atoms with van der Waals surface area (Å²) in [6.07, 6.45) is 1.34. The van der Waals surface area contributed by atoms with Crippen LogP contribution in [0, 0.1) is 9.81 Å². The number of primary amides is 1. The second-order valence-corrected chi connectivity index (χ2v) is 7.64. The minimum Gasteiger partial charge on any atom is -0.364 e. The highest BCUT2D eigenvalue weighted by Gasteiger charge is 2.12. The lowest BCUT2D eigenvalue weighted by molar-refractivity contribution is 0.0996. The number of rotatable bonds is 13. The van der Waals surface area contributed by atoms with Crippen LogP contribution in [0.4, 0.5) is 15.4 Å². The van der Waals surface area contributed by atoms with Crippen LogP contribution < -0.4 is 16.4 Å². The molecule has 0 aliphatic heterocycles. The van der Waals surface area contributed by atoms with Gasteiger partial charge in [0.25, 0.3) is 5.91 Å². The zero-order valence-electron chi connectivity index (χ0n) is 19.9. The largest absolute Gasteiger partial charge is 0.364 e. The quantitative estimate of drug-likeness (QED) is 0.113. The Morgan fingerprint density at radius 1 is 0.919 bits per heavy atom. The van der Waals surface area contributed by atoms with Crippen molar-refractivity contribution < 1.29 is 14.4 Å². The van der Waals surface area contributed by atoms with E-state index in [9.17, 15) is 24.2 Å². The molecule has 0 aliphatic carbocycles. The Morgan fingerprint density at radius 3 is 1.70 bits per heavy atom. The van der Waals surface area contributed by atoms with Crippen molar-refractivity contribution in [1.29, 1.82) is 0 Å². The first-order chi connectivity index (χ1) is 17.6. The van der Waals surface area contributed by atoms with Gasteiger partial charge in [-0.05, 0) is 0 Å². The third-order valence-corrected chi connectivity index (χ3v) is 3.89. The number of nitrogens with one attached hydrogen (secondary N) is 3. The van der Waals surface area contributed by atoms with Crippen molar-refractivity contribution in [2.24, 2.45) is 26.6 Å². The van der Waals surface area contributed by atoms with Crippen molar-refractivity contribution in [3.8, 4) is 0 Å². The summed E-state index contributed by atoms with van der Waals surface area (Å²) in [6, 6.07) is -1.16. The summed E-state index contributed by atoms with van der Waals surface area (Å²) in [5, 5.41) is 20.0. The minimum absolute atomic E-state index is 0.0885. The summed E-state index contributed by atoms with van der Waals surface area (Å²) >= 11 is 21.2. The molecule has 1 rings (SSSR count). The summed E-state index contributed by atoms with van der Waals surface area (Å²) < 4.78 is 0. The van der Waals surface area contributed by atoms with Gasteiger partial charge in [-0.25, -0.2) is 14.6 Å². The molecule has 5 N–H and O–H groups in total. The summed E-state index contributed by atoms with van der Waals surface area (Å²) in [7, 11) is 3.42. The maximum Gasteiger partial charge on any atom is 0.340 e. The van der Waals surface area contributed by atoms with E-state index in [0.717, 1.165) is 0 Å². The first kappa shape index (κ1) is 36.1. The average Bonchev–Trinajstić information content (AvgIpc) is 3.36. The lowest BCUT2D eigenvalue weighted by atomic mass is 10.4. The molecule has 1 aromatic rings. The number of H-pyrrole nitrogens is 1. The smallest absolute Gasteiger partial charge is 0.340 e. The number of nitroso groups, excluding NO2 is 2. The molecule has 0 saturated carbocycles. The van der Waals surface area contributed by atoms with E-state index in [0.29, 0.717) is 34.9 Å². The second-order valence-electron chi connectivity index (χ2n) is 6.13. The molecule has 1 aromatic heterocycles. The van der Waals surface area contributed by atoms with E-state index in [-0.39, 0.29) is 36.4 Å². The molecule has 21 heteroatoms. The third-order valence-electron chi connectivity index (χ3n) is 3.18. The number of imidazole rings is 1. The molecule has 0 bridgehead atoms. The molecule has 37 heavy (non-hydrogen) atoms. The van der Waals surface area contributed by atoms with Crippen molar-refractivity contribution >= 4 is 70.2 Å². The molecule has 0 fully saturated rings. The molecule has 0 saturated heterocycles. The van der Waals surface area contributed by atoms with E-state index in [1.807, 2.05) is 0 Å². The number of alkyl halides is 4. The van der Waals surface area contributed by atoms with Gasteiger partial charge in [0.05, 0.1) is 30.0 Å². The van der Waals surface area contributed by atoms with Gasteiger partial charge < -0.3 is 21.4 Å². The van der Waals surface area contributed by atoms with Crippen LogP contribution in [0.5, 0.6) is 0 Å². The Morgan fingerprint density at radius 2 is 1.38 bits per heavy atom. The maximum absolute atomic E-state index is 10.9. The third kappa shape index (κ3) is 18.0. The molecular formula is C16H28Cl4N12O5. The van der Waals surface area contributed by atoms with Gasteiger partial charge in [-0.1, -0.05) is 5.22 Å². The number of nitrogens with two attached hydrogens (primary N) is 1. The highest BCUT2D eigenvalue weighted by atomic mass is 35.5. The second kappa shape index (κ2) is 23.4. The van der Waals surface area contributed by atoms with E-state index < -0.39 is 18.0 Å². The molecule has 0 atom stereocenters. The normalized spacial score (nSPS) is 9.68. The Labute approximate surface area is 232 Å². The van der Waals surface area contributed by atoms with Gasteiger partial charge in [-0.2, -0.15) is 10.0 Å². The number of carbonyl (C=O) groups excluding carboxylic acids is 3. The predicted molar refractivity (Wildman–Crippen MR) is 140 cm³/mol. The molecule has 0 aliphatic rings. The number of carbonyl (C=O) groups is 3. The number of urea groups is 2. The van der Waals surface area contributed by atoms with Gasteiger partial charge >= 0.3 is 12.1 Å². The standard InChI is InChI=1S/C6H10N6O.2C5H9Cl2N3O2/c1-12(2)11-10-6-4(5(7)13)8-3-9-6;2*6-1-3-8-5(11)10(9-12)4-2-7/h3H,1-2H3,(H2,7,13)(H,8,9);2*1-4H2,(H,8,11)/b11-10+;;. The van der Waals surface area contributed by atoms with E-state index in [2.05, 4.69) is 41.5 Å². The summed E-state index contributed by atoms with van der Waals surface area (Å²) in [5.74, 6) is 0.550. The molecule has 210 valence electrons. The van der Waals surface area contributed by atoms with Crippen LogP contribution in [-0.4, -0.2) is 107 Å². The minimum atomic E-state index is -0.631.